The zero-order valence-corrected chi connectivity index (χ0v) is 23.4. The summed E-state index contributed by atoms with van der Waals surface area (Å²) in [5.74, 6) is 0.671. The van der Waals surface area contributed by atoms with Crippen molar-refractivity contribution in [3.63, 3.8) is 0 Å². The van der Waals surface area contributed by atoms with Gasteiger partial charge in [0.1, 0.15) is 17.6 Å². The fourth-order valence-electron chi connectivity index (χ4n) is 7.22. The van der Waals surface area contributed by atoms with Crippen LogP contribution in [0, 0.1) is 5.41 Å². The number of fused-ring (bicyclic) bond motifs is 4. The Bertz CT molecular complexity index is 1620. The summed E-state index contributed by atoms with van der Waals surface area (Å²) in [5.41, 5.74) is 3.75. The van der Waals surface area contributed by atoms with E-state index in [1.807, 2.05) is 42.6 Å². The van der Waals surface area contributed by atoms with Crippen LogP contribution in [0.5, 0.6) is 0 Å². The van der Waals surface area contributed by atoms with Gasteiger partial charge in [0.2, 0.25) is 5.91 Å². The fourth-order valence-corrected chi connectivity index (χ4v) is 7.22. The van der Waals surface area contributed by atoms with E-state index in [4.69, 9.17) is 4.98 Å². The van der Waals surface area contributed by atoms with Gasteiger partial charge in [-0.05, 0) is 68.9 Å². The number of aromatic nitrogens is 2. The van der Waals surface area contributed by atoms with Crippen LogP contribution in [0.2, 0.25) is 0 Å². The maximum absolute atomic E-state index is 13.7. The minimum Gasteiger partial charge on any atom is -0.384 e. The molecule has 2 aromatic carbocycles. The van der Waals surface area contributed by atoms with Crippen LogP contribution in [-0.2, 0) is 23.2 Å². The second-order valence-corrected chi connectivity index (χ2v) is 12.3. The quantitative estimate of drug-likeness (QED) is 0.397. The smallest absolute Gasteiger partial charge is 0.251 e. The molecule has 9 heteroatoms. The molecule has 1 unspecified atom stereocenters. The van der Waals surface area contributed by atoms with Gasteiger partial charge in [0, 0.05) is 29.3 Å². The zero-order chi connectivity index (χ0) is 28.5. The Hall–Kier alpha value is -4.24. The average Bonchev–Trinajstić information content (AvgIpc) is 3.65. The minimum absolute atomic E-state index is 0.0190. The maximum Gasteiger partial charge on any atom is 0.251 e. The van der Waals surface area contributed by atoms with Crippen LogP contribution in [0.15, 0.2) is 71.5 Å². The number of amides is 2. The van der Waals surface area contributed by atoms with Crippen molar-refractivity contribution in [3.8, 4) is 0 Å². The molecule has 41 heavy (non-hydrogen) atoms. The van der Waals surface area contributed by atoms with E-state index in [1.165, 1.54) is 5.56 Å². The number of aliphatic hydroxyl groups is 1. The highest BCUT2D eigenvalue weighted by Crippen LogP contribution is 2.48. The molecular weight excluding hydrogens is 516 g/mol. The lowest BCUT2D eigenvalue weighted by Crippen LogP contribution is -2.38. The highest BCUT2D eigenvalue weighted by molar-refractivity contribution is 5.96. The molecule has 3 aliphatic heterocycles. The van der Waals surface area contributed by atoms with Crippen molar-refractivity contribution >= 4 is 18.2 Å². The summed E-state index contributed by atoms with van der Waals surface area (Å²) >= 11 is 0. The van der Waals surface area contributed by atoms with Crippen LogP contribution in [0.25, 0.3) is 0 Å². The summed E-state index contributed by atoms with van der Waals surface area (Å²) in [5, 5.41) is 20.2. The second-order valence-electron chi connectivity index (χ2n) is 12.3. The predicted octanol–water partition coefficient (Wildman–Crippen LogP) is 3.39. The van der Waals surface area contributed by atoms with Crippen molar-refractivity contribution in [3.05, 3.63) is 100 Å². The van der Waals surface area contributed by atoms with Gasteiger partial charge in [-0.15, -0.1) is 0 Å². The number of rotatable bonds is 4. The molecule has 4 aliphatic rings. The molecule has 0 bridgehead atoms. The van der Waals surface area contributed by atoms with E-state index in [0.29, 0.717) is 24.8 Å². The van der Waals surface area contributed by atoms with Crippen LogP contribution in [0.1, 0.15) is 83.8 Å². The first-order chi connectivity index (χ1) is 19.7. The molecule has 4 N–H and O–H groups in total. The lowest BCUT2D eigenvalue weighted by Gasteiger charge is -2.38. The molecule has 1 fully saturated rings. The van der Waals surface area contributed by atoms with Gasteiger partial charge in [-0.25, -0.2) is 9.98 Å². The van der Waals surface area contributed by atoms with Crippen LogP contribution in [0.4, 0.5) is 0 Å². The lowest BCUT2D eigenvalue weighted by molar-refractivity contribution is -0.126. The van der Waals surface area contributed by atoms with Gasteiger partial charge in [-0.3, -0.25) is 9.59 Å². The standard InChI is InChI=1S/C32H34N6O3/c1-18-23(19-7-5-4-6-8-19)12-25(28-34-16-26(38(18)28)31(2,3)41)36-29(39)20-9-10-21-13-32(14-22(21)11-20)24-15-33-17-35-27(24)37-30(32)40/h4-11,15-18,23,25,27,41H,12-14H2,1-3H3,(H,33,35)(H,36,39)(H,37,40)/t18-,23-,25+,27?,32-/m1/s1. The number of carbonyl (C=O) groups excluding carboxylic acids is 2. The van der Waals surface area contributed by atoms with Gasteiger partial charge in [0.25, 0.3) is 5.91 Å². The molecule has 0 radical (unpaired) electrons. The molecule has 7 rings (SSSR count). The summed E-state index contributed by atoms with van der Waals surface area (Å²) in [4.78, 5) is 35.9. The summed E-state index contributed by atoms with van der Waals surface area (Å²) in [6, 6.07) is 15.8. The third-order valence-electron chi connectivity index (χ3n) is 9.32. The van der Waals surface area contributed by atoms with E-state index >= 15 is 0 Å². The van der Waals surface area contributed by atoms with E-state index in [0.717, 1.165) is 28.2 Å². The van der Waals surface area contributed by atoms with E-state index < -0.39 is 11.0 Å². The van der Waals surface area contributed by atoms with E-state index in [-0.39, 0.29) is 36.0 Å². The number of nitrogens with one attached hydrogen (secondary N) is 3. The van der Waals surface area contributed by atoms with Crippen molar-refractivity contribution in [2.24, 2.45) is 10.4 Å². The largest absolute Gasteiger partial charge is 0.384 e. The van der Waals surface area contributed by atoms with E-state index in [2.05, 4.69) is 44.6 Å². The molecule has 0 saturated carbocycles. The van der Waals surface area contributed by atoms with Crippen LogP contribution < -0.4 is 16.0 Å². The number of carbonyl (C=O) groups is 2. The number of hydrogen-bond acceptors (Lipinski definition) is 6. The molecule has 4 heterocycles. The Morgan fingerprint density at radius 3 is 2.71 bits per heavy atom. The predicted molar refractivity (Wildman–Crippen MR) is 154 cm³/mol. The molecule has 2 amide bonds. The third-order valence-corrected chi connectivity index (χ3v) is 9.32. The molecule has 1 saturated heterocycles. The monoisotopic (exact) mass is 550 g/mol. The Labute approximate surface area is 238 Å². The highest BCUT2D eigenvalue weighted by Gasteiger charge is 2.54. The Morgan fingerprint density at radius 2 is 1.93 bits per heavy atom. The minimum atomic E-state index is -1.08. The number of nitrogens with zero attached hydrogens (tertiary/aromatic N) is 3. The van der Waals surface area contributed by atoms with Gasteiger partial charge >= 0.3 is 0 Å². The van der Waals surface area contributed by atoms with Crippen LogP contribution >= 0.6 is 0 Å². The Morgan fingerprint density at radius 1 is 1.15 bits per heavy atom. The summed E-state index contributed by atoms with van der Waals surface area (Å²) in [6.07, 6.45) is 6.69. The van der Waals surface area contributed by atoms with Crippen molar-refractivity contribution in [2.75, 3.05) is 0 Å². The number of hydrogen-bond donors (Lipinski definition) is 4. The highest BCUT2D eigenvalue weighted by atomic mass is 16.3. The second kappa shape index (κ2) is 9.14. The summed E-state index contributed by atoms with van der Waals surface area (Å²) in [7, 11) is 0. The van der Waals surface area contributed by atoms with Crippen LogP contribution in [-0.4, -0.2) is 39.0 Å². The first-order valence-corrected chi connectivity index (χ1v) is 14.2. The van der Waals surface area contributed by atoms with Gasteiger partial charge in [0.05, 0.1) is 29.7 Å². The van der Waals surface area contributed by atoms with E-state index in [1.54, 1.807) is 26.4 Å². The SMILES string of the molecule is C[C@@H]1[C@H](c2ccccc2)C[C@H](NC(=O)c2ccc3c(c2)C[C@@]2(C3)C(=O)NC3N=CNC=C32)c2ncc(C(C)(C)O)n21. The molecule has 1 spiro atoms. The number of aliphatic imine (C=N–C) groups is 1. The molecule has 9 nitrogen and oxygen atoms in total. The molecule has 210 valence electrons. The average molecular weight is 551 g/mol. The summed E-state index contributed by atoms with van der Waals surface area (Å²) < 4.78 is 2.10. The lowest BCUT2D eigenvalue weighted by atomic mass is 9.78. The first kappa shape index (κ1) is 25.7. The van der Waals surface area contributed by atoms with Crippen LogP contribution in [0.3, 0.4) is 0 Å². The fraction of sp³-hybridized carbons (Fsp3) is 0.375. The third kappa shape index (κ3) is 4.01. The first-order valence-electron chi connectivity index (χ1n) is 14.2. The topological polar surface area (TPSA) is 121 Å². The van der Waals surface area contributed by atoms with Gasteiger partial charge in [-0.1, -0.05) is 36.4 Å². The van der Waals surface area contributed by atoms with Crippen molar-refractivity contribution in [1.82, 2.24) is 25.5 Å². The van der Waals surface area contributed by atoms with Gasteiger partial charge < -0.3 is 25.6 Å². The van der Waals surface area contributed by atoms with Gasteiger partial charge in [-0.2, -0.15) is 0 Å². The Balaban J connectivity index is 1.18. The van der Waals surface area contributed by atoms with Crippen molar-refractivity contribution < 1.29 is 14.7 Å². The molecule has 1 aliphatic carbocycles. The number of imidazole rings is 1. The van der Waals surface area contributed by atoms with E-state index in [9.17, 15) is 14.7 Å². The Kier molecular flexibility index (Phi) is 5.73. The normalized spacial score (nSPS) is 27.9. The molecular formula is C32H34N6O3. The maximum atomic E-state index is 13.7. The molecule has 1 aromatic heterocycles. The summed E-state index contributed by atoms with van der Waals surface area (Å²) in [6.45, 7) is 5.68. The van der Waals surface area contributed by atoms with Crippen molar-refractivity contribution in [2.45, 2.75) is 69.8 Å². The molecule has 3 aromatic rings. The molecule has 5 atom stereocenters. The zero-order valence-electron chi connectivity index (χ0n) is 23.4. The van der Waals surface area contributed by atoms with Gasteiger partial charge in [0.15, 0.2) is 0 Å². The van der Waals surface area contributed by atoms with Crippen molar-refractivity contribution in [1.29, 1.82) is 0 Å². The number of benzene rings is 2.